The van der Waals surface area contributed by atoms with Crippen LogP contribution in [0.15, 0.2) is 18.2 Å². The van der Waals surface area contributed by atoms with E-state index >= 15 is 0 Å². The van der Waals surface area contributed by atoms with Gasteiger partial charge in [-0.05, 0) is 49.3 Å². The molecule has 0 amide bonds. The average Bonchev–Trinajstić information content (AvgIpc) is 2.91. The van der Waals surface area contributed by atoms with Gasteiger partial charge in [0.15, 0.2) is 0 Å². The van der Waals surface area contributed by atoms with E-state index in [2.05, 4.69) is 37.1 Å². The van der Waals surface area contributed by atoms with Gasteiger partial charge in [-0.2, -0.15) is 0 Å². The first-order chi connectivity index (χ1) is 9.60. The molecule has 1 aliphatic rings. The Hall–Kier alpha value is -0.730. The molecule has 1 atom stereocenters. The summed E-state index contributed by atoms with van der Waals surface area (Å²) >= 11 is 6.45. The lowest BCUT2D eigenvalue weighted by Gasteiger charge is -2.24. The van der Waals surface area contributed by atoms with Gasteiger partial charge in [0.2, 0.25) is 0 Å². The number of nitrogens with two attached hydrogens (primary N) is 1. The zero-order valence-electron chi connectivity index (χ0n) is 12.7. The minimum Gasteiger partial charge on any atom is -0.373 e. The number of rotatable bonds is 6. The van der Waals surface area contributed by atoms with Crippen LogP contribution in [0.25, 0.3) is 0 Å². The van der Waals surface area contributed by atoms with Gasteiger partial charge in [-0.1, -0.05) is 37.4 Å². The van der Waals surface area contributed by atoms with Gasteiger partial charge >= 0.3 is 0 Å². The number of benzene rings is 1. The highest BCUT2D eigenvalue weighted by Gasteiger charge is 2.18. The zero-order valence-corrected chi connectivity index (χ0v) is 13.5. The van der Waals surface area contributed by atoms with Crippen LogP contribution in [0.4, 0.5) is 5.69 Å². The topological polar surface area (TPSA) is 29.3 Å². The van der Waals surface area contributed by atoms with Gasteiger partial charge < -0.3 is 10.6 Å². The summed E-state index contributed by atoms with van der Waals surface area (Å²) in [7, 11) is 2.15. The molecule has 112 valence electrons. The van der Waals surface area contributed by atoms with Gasteiger partial charge in [0.25, 0.3) is 0 Å². The van der Waals surface area contributed by atoms with Crippen molar-refractivity contribution >= 4 is 17.3 Å². The molecule has 2 rings (SSSR count). The molecule has 2 N–H and O–H groups in total. The SMILES string of the molecule is CCC(N)Cc1ccc(N(C)CC2CCCC2)c(Cl)c1. The third-order valence-corrected chi connectivity index (χ3v) is 4.76. The van der Waals surface area contributed by atoms with Crippen LogP contribution in [-0.2, 0) is 6.42 Å². The summed E-state index contributed by atoms with van der Waals surface area (Å²) in [4.78, 5) is 2.31. The molecule has 0 aliphatic heterocycles. The monoisotopic (exact) mass is 294 g/mol. The maximum absolute atomic E-state index is 6.45. The van der Waals surface area contributed by atoms with Crippen LogP contribution in [-0.4, -0.2) is 19.6 Å². The molecule has 0 radical (unpaired) electrons. The third kappa shape index (κ3) is 4.13. The number of halogens is 1. The Bertz CT molecular complexity index is 427. The highest BCUT2D eigenvalue weighted by atomic mass is 35.5. The van der Waals surface area contributed by atoms with E-state index in [0.717, 1.165) is 36.0 Å². The van der Waals surface area contributed by atoms with E-state index in [-0.39, 0.29) is 6.04 Å². The van der Waals surface area contributed by atoms with Crippen molar-refractivity contribution in [2.45, 2.75) is 51.5 Å². The molecule has 1 saturated carbocycles. The summed E-state index contributed by atoms with van der Waals surface area (Å²) < 4.78 is 0. The van der Waals surface area contributed by atoms with Gasteiger partial charge in [0.1, 0.15) is 0 Å². The van der Waals surface area contributed by atoms with E-state index in [1.165, 1.54) is 31.2 Å². The van der Waals surface area contributed by atoms with Crippen LogP contribution in [0.1, 0.15) is 44.6 Å². The summed E-state index contributed by atoms with van der Waals surface area (Å²) in [6, 6.07) is 6.63. The maximum atomic E-state index is 6.45. The molecule has 20 heavy (non-hydrogen) atoms. The van der Waals surface area contributed by atoms with Gasteiger partial charge in [-0.25, -0.2) is 0 Å². The molecule has 2 nitrogen and oxygen atoms in total. The van der Waals surface area contributed by atoms with E-state index in [0.29, 0.717) is 0 Å². The van der Waals surface area contributed by atoms with E-state index in [1.807, 2.05) is 0 Å². The first-order valence-corrected chi connectivity index (χ1v) is 8.23. The second-order valence-corrected chi connectivity index (χ2v) is 6.60. The van der Waals surface area contributed by atoms with Crippen LogP contribution < -0.4 is 10.6 Å². The maximum Gasteiger partial charge on any atom is 0.0642 e. The molecule has 3 heteroatoms. The Morgan fingerprint density at radius 3 is 2.65 bits per heavy atom. The summed E-state index contributed by atoms with van der Waals surface area (Å²) in [6.45, 7) is 3.24. The fraction of sp³-hybridized carbons (Fsp3) is 0.647. The molecule has 1 aromatic carbocycles. The molecular weight excluding hydrogens is 268 g/mol. The molecule has 0 aromatic heterocycles. The average molecular weight is 295 g/mol. The lowest BCUT2D eigenvalue weighted by atomic mass is 10.0. The van der Waals surface area contributed by atoms with Crippen molar-refractivity contribution in [1.82, 2.24) is 0 Å². The zero-order chi connectivity index (χ0) is 14.5. The number of anilines is 1. The molecule has 1 aliphatic carbocycles. The van der Waals surface area contributed by atoms with Gasteiger partial charge in [-0.3, -0.25) is 0 Å². The predicted octanol–water partition coefficient (Wildman–Crippen LogP) is 4.25. The van der Waals surface area contributed by atoms with E-state index in [9.17, 15) is 0 Å². The van der Waals surface area contributed by atoms with Crippen molar-refractivity contribution in [3.8, 4) is 0 Å². The van der Waals surface area contributed by atoms with Crippen LogP contribution >= 0.6 is 11.6 Å². The van der Waals surface area contributed by atoms with Crippen molar-refractivity contribution < 1.29 is 0 Å². The van der Waals surface area contributed by atoms with Crippen molar-refractivity contribution in [1.29, 1.82) is 0 Å². The molecule has 0 saturated heterocycles. The number of hydrogen-bond donors (Lipinski definition) is 1. The lowest BCUT2D eigenvalue weighted by molar-refractivity contribution is 0.547. The normalized spacial score (nSPS) is 17.4. The lowest BCUT2D eigenvalue weighted by Crippen LogP contribution is -2.24. The van der Waals surface area contributed by atoms with E-state index in [4.69, 9.17) is 17.3 Å². The molecule has 1 unspecified atom stereocenters. The first-order valence-electron chi connectivity index (χ1n) is 7.85. The Labute approximate surface area is 128 Å². The minimum absolute atomic E-state index is 0.230. The first kappa shape index (κ1) is 15.7. The highest BCUT2D eigenvalue weighted by Crippen LogP contribution is 2.30. The van der Waals surface area contributed by atoms with Gasteiger partial charge in [0.05, 0.1) is 10.7 Å². The largest absolute Gasteiger partial charge is 0.373 e. The number of hydrogen-bond acceptors (Lipinski definition) is 2. The third-order valence-electron chi connectivity index (χ3n) is 4.45. The Kier molecular flexibility index (Phi) is 5.74. The summed E-state index contributed by atoms with van der Waals surface area (Å²) in [6.07, 6.45) is 7.42. The van der Waals surface area contributed by atoms with E-state index < -0.39 is 0 Å². The van der Waals surface area contributed by atoms with Crippen LogP contribution in [0, 0.1) is 5.92 Å². The van der Waals surface area contributed by atoms with E-state index in [1.54, 1.807) is 0 Å². The van der Waals surface area contributed by atoms with Crippen molar-refractivity contribution in [3.63, 3.8) is 0 Å². The van der Waals surface area contributed by atoms with Gasteiger partial charge in [-0.15, -0.1) is 0 Å². The van der Waals surface area contributed by atoms with Crippen molar-refractivity contribution in [3.05, 3.63) is 28.8 Å². The predicted molar refractivity (Wildman–Crippen MR) is 88.7 cm³/mol. The Morgan fingerprint density at radius 2 is 2.05 bits per heavy atom. The molecular formula is C17H27ClN2. The quantitative estimate of drug-likeness (QED) is 0.850. The van der Waals surface area contributed by atoms with Crippen molar-refractivity contribution in [2.75, 3.05) is 18.5 Å². The fourth-order valence-corrected chi connectivity index (χ4v) is 3.46. The van der Waals surface area contributed by atoms with Gasteiger partial charge in [0, 0.05) is 19.6 Å². The Balaban J connectivity index is 2.00. The van der Waals surface area contributed by atoms with Crippen LogP contribution in [0.2, 0.25) is 5.02 Å². The van der Waals surface area contributed by atoms with Crippen LogP contribution in [0.3, 0.4) is 0 Å². The second-order valence-electron chi connectivity index (χ2n) is 6.19. The molecule has 0 spiro atoms. The fourth-order valence-electron chi connectivity index (χ4n) is 3.11. The van der Waals surface area contributed by atoms with Crippen LogP contribution in [0.5, 0.6) is 0 Å². The second kappa shape index (κ2) is 7.33. The summed E-state index contributed by atoms with van der Waals surface area (Å²) in [5.74, 6) is 0.837. The standard InChI is InChI=1S/C17H27ClN2/c1-3-15(19)10-14-8-9-17(16(18)11-14)20(2)12-13-6-4-5-7-13/h8-9,11,13,15H,3-7,10,12,19H2,1-2H3. The molecule has 0 heterocycles. The smallest absolute Gasteiger partial charge is 0.0642 e. The summed E-state index contributed by atoms with van der Waals surface area (Å²) in [5.41, 5.74) is 8.39. The minimum atomic E-state index is 0.230. The number of nitrogens with zero attached hydrogens (tertiary/aromatic N) is 1. The summed E-state index contributed by atoms with van der Waals surface area (Å²) in [5, 5.41) is 0.853. The van der Waals surface area contributed by atoms with Crippen molar-refractivity contribution in [2.24, 2.45) is 11.7 Å². The molecule has 0 bridgehead atoms. The highest BCUT2D eigenvalue weighted by molar-refractivity contribution is 6.33. The Morgan fingerprint density at radius 1 is 1.35 bits per heavy atom. The molecule has 1 aromatic rings. The molecule has 1 fully saturated rings.